The highest BCUT2D eigenvalue weighted by Gasteiger charge is 2.06. The van der Waals surface area contributed by atoms with Crippen molar-refractivity contribution < 1.29 is 4.74 Å². The van der Waals surface area contributed by atoms with Gasteiger partial charge in [-0.25, -0.2) is 0 Å². The molecule has 2 heteroatoms. The van der Waals surface area contributed by atoms with Crippen molar-refractivity contribution in [2.24, 2.45) is 0 Å². The molecule has 0 amide bonds. The van der Waals surface area contributed by atoms with Crippen molar-refractivity contribution in [2.75, 3.05) is 13.7 Å². The molecule has 2 nitrogen and oxygen atoms in total. The number of methoxy groups -OCH3 is 1. The SMILES string of the molecule is COc1ccc(CCNC2C=CCCC2)cc1. The summed E-state index contributed by atoms with van der Waals surface area (Å²) in [6.45, 7) is 1.04. The molecule has 1 aliphatic rings. The molecule has 0 saturated carbocycles. The Labute approximate surface area is 104 Å². The molecule has 0 aliphatic heterocycles. The van der Waals surface area contributed by atoms with Crippen LogP contribution in [0, 0.1) is 0 Å². The fourth-order valence-corrected chi connectivity index (χ4v) is 2.18. The maximum Gasteiger partial charge on any atom is 0.118 e. The zero-order valence-electron chi connectivity index (χ0n) is 10.5. The molecule has 0 aromatic heterocycles. The molecule has 0 radical (unpaired) electrons. The lowest BCUT2D eigenvalue weighted by Crippen LogP contribution is -2.30. The molecule has 0 fully saturated rings. The van der Waals surface area contributed by atoms with Crippen LogP contribution in [-0.2, 0) is 6.42 Å². The smallest absolute Gasteiger partial charge is 0.118 e. The number of nitrogens with one attached hydrogen (secondary N) is 1. The summed E-state index contributed by atoms with van der Waals surface area (Å²) in [5.74, 6) is 0.928. The van der Waals surface area contributed by atoms with Crippen molar-refractivity contribution in [1.82, 2.24) is 5.32 Å². The van der Waals surface area contributed by atoms with Gasteiger partial charge in [0.15, 0.2) is 0 Å². The van der Waals surface area contributed by atoms with Gasteiger partial charge in [-0.2, -0.15) is 0 Å². The van der Waals surface area contributed by atoms with Gasteiger partial charge in [0.2, 0.25) is 0 Å². The van der Waals surface area contributed by atoms with Gasteiger partial charge in [0, 0.05) is 6.04 Å². The second-order valence-corrected chi connectivity index (χ2v) is 4.52. The highest BCUT2D eigenvalue weighted by Crippen LogP contribution is 2.12. The lowest BCUT2D eigenvalue weighted by atomic mass is 10.0. The Bertz CT molecular complexity index is 356. The Kier molecular flexibility index (Phi) is 4.63. The molecule has 1 aromatic rings. The Morgan fingerprint density at radius 3 is 2.76 bits per heavy atom. The van der Waals surface area contributed by atoms with Gasteiger partial charge in [0.25, 0.3) is 0 Å². The second-order valence-electron chi connectivity index (χ2n) is 4.52. The van der Waals surface area contributed by atoms with Crippen LogP contribution in [0.5, 0.6) is 5.75 Å². The summed E-state index contributed by atoms with van der Waals surface area (Å²) < 4.78 is 5.14. The lowest BCUT2D eigenvalue weighted by Gasteiger charge is -2.17. The van der Waals surface area contributed by atoms with Crippen LogP contribution in [0.4, 0.5) is 0 Å². The summed E-state index contributed by atoms with van der Waals surface area (Å²) in [6.07, 6.45) is 9.51. The van der Waals surface area contributed by atoms with Crippen LogP contribution in [-0.4, -0.2) is 19.7 Å². The Balaban J connectivity index is 1.73. The molecule has 0 heterocycles. The number of rotatable bonds is 5. The minimum atomic E-state index is 0.585. The second kappa shape index (κ2) is 6.45. The normalized spacial score (nSPS) is 19.2. The van der Waals surface area contributed by atoms with Gasteiger partial charge < -0.3 is 10.1 Å². The summed E-state index contributed by atoms with van der Waals surface area (Å²) in [4.78, 5) is 0. The van der Waals surface area contributed by atoms with Gasteiger partial charge >= 0.3 is 0 Å². The monoisotopic (exact) mass is 231 g/mol. The maximum absolute atomic E-state index is 5.14. The third-order valence-corrected chi connectivity index (χ3v) is 3.23. The first kappa shape index (κ1) is 12.2. The Morgan fingerprint density at radius 2 is 2.12 bits per heavy atom. The fraction of sp³-hybridized carbons (Fsp3) is 0.467. The molecule has 17 heavy (non-hydrogen) atoms. The molecule has 0 spiro atoms. The van der Waals surface area contributed by atoms with E-state index in [1.54, 1.807) is 7.11 Å². The number of allylic oxidation sites excluding steroid dienone is 1. The predicted octanol–water partition coefficient (Wildman–Crippen LogP) is 2.94. The largest absolute Gasteiger partial charge is 0.497 e. The summed E-state index contributed by atoms with van der Waals surface area (Å²) in [5, 5.41) is 3.58. The molecule has 0 bridgehead atoms. The van der Waals surface area contributed by atoms with Gasteiger partial charge in [0.05, 0.1) is 7.11 Å². The van der Waals surface area contributed by atoms with Crippen LogP contribution in [0.2, 0.25) is 0 Å². The average Bonchev–Trinajstić information content (AvgIpc) is 2.41. The molecular weight excluding hydrogens is 210 g/mol. The molecule has 1 atom stereocenters. The van der Waals surface area contributed by atoms with Crippen LogP contribution >= 0.6 is 0 Å². The minimum Gasteiger partial charge on any atom is -0.497 e. The van der Waals surface area contributed by atoms with E-state index in [0.717, 1.165) is 18.7 Å². The van der Waals surface area contributed by atoms with Crippen molar-refractivity contribution in [3.63, 3.8) is 0 Å². The Morgan fingerprint density at radius 1 is 1.29 bits per heavy atom. The minimum absolute atomic E-state index is 0.585. The van der Waals surface area contributed by atoms with E-state index in [-0.39, 0.29) is 0 Å². The molecule has 0 saturated heterocycles. The van der Waals surface area contributed by atoms with Crippen molar-refractivity contribution in [1.29, 1.82) is 0 Å². The molecule has 1 unspecified atom stereocenters. The van der Waals surface area contributed by atoms with E-state index in [4.69, 9.17) is 4.74 Å². The van der Waals surface area contributed by atoms with E-state index < -0.39 is 0 Å². The topological polar surface area (TPSA) is 21.3 Å². The summed E-state index contributed by atoms with van der Waals surface area (Å²) in [6, 6.07) is 8.90. The van der Waals surface area contributed by atoms with Gasteiger partial charge in [0.1, 0.15) is 5.75 Å². The van der Waals surface area contributed by atoms with Gasteiger partial charge in [-0.1, -0.05) is 24.3 Å². The molecule has 92 valence electrons. The standard InChI is InChI=1S/C15H21NO/c1-17-15-9-7-13(8-10-15)11-12-16-14-5-3-2-4-6-14/h3,5,7-10,14,16H,2,4,6,11-12H2,1H3. The van der Waals surface area contributed by atoms with Crippen LogP contribution in [0.15, 0.2) is 36.4 Å². The lowest BCUT2D eigenvalue weighted by molar-refractivity contribution is 0.414. The number of hydrogen-bond donors (Lipinski definition) is 1. The zero-order valence-corrected chi connectivity index (χ0v) is 10.5. The van der Waals surface area contributed by atoms with Crippen molar-refractivity contribution in [3.05, 3.63) is 42.0 Å². The third kappa shape index (κ3) is 3.90. The highest BCUT2D eigenvalue weighted by molar-refractivity contribution is 5.27. The van der Waals surface area contributed by atoms with E-state index in [1.165, 1.54) is 24.8 Å². The van der Waals surface area contributed by atoms with E-state index in [1.807, 2.05) is 12.1 Å². The first-order chi connectivity index (χ1) is 8.38. The zero-order chi connectivity index (χ0) is 11.9. The summed E-state index contributed by atoms with van der Waals surface area (Å²) in [5.41, 5.74) is 1.36. The quantitative estimate of drug-likeness (QED) is 0.787. The number of hydrogen-bond acceptors (Lipinski definition) is 2. The molecule has 1 aliphatic carbocycles. The maximum atomic E-state index is 5.14. The first-order valence-corrected chi connectivity index (χ1v) is 6.41. The average molecular weight is 231 g/mol. The van der Waals surface area contributed by atoms with E-state index >= 15 is 0 Å². The third-order valence-electron chi connectivity index (χ3n) is 3.23. The van der Waals surface area contributed by atoms with Gasteiger partial charge in [-0.15, -0.1) is 0 Å². The highest BCUT2D eigenvalue weighted by atomic mass is 16.5. The van der Waals surface area contributed by atoms with Crippen LogP contribution in [0.1, 0.15) is 24.8 Å². The van der Waals surface area contributed by atoms with Gasteiger partial charge in [-0.3, -0.25) is 0 Å². The van der Waals surface area contributed by atoms with Crippen molar-refractivity contribution in [2.45, 2.75) is 31.7 Å². The molecule has 1 N–H and O–H groups in total. The van der Waals surface area contributed by atoms with E-state index in [2.05, 4.69) is 29.6 Å². The van der Waals surface area contributed by atoms with Crippen molar-refractivity contribution in [3.8, 4) is 5.75 Å². The number of benzene rings is 1. The van der Waals surface area contributed by atoms with E-state index in [0.29, 0.717) is 6.04 Å². The molecule has 2 rings (SSSR count). The van der Waals surface area contributed by atoms with Crippen LogP contribution < -0.4 is 10.1 Å². The molecule has 1 aromatic carbocycles. The Hall–Kier alpha value is -1.28. The van der Waals surface area contributed by atoms with Crippen LogP contribution in [0.25, 0.3) is 0 Å². The molecular formula is C15H21NO. The van der Waals surface area contributed by atoms with Gasteiger partial charge in [-0.05, 0) is 49.9 Å². The summed E-state index contributed by atoms with van der Waals surface area (Å²) in [7, 11) is 1.70. The first-order valence-electron chi connectivity index (χ1n) is 6.41. The van der Waals surface area contributed by atoms with Crippen molar-refractivity contribution >= 4 is 0 Å². The summed E-state index contributed by atoms with van der Waals surface area (Å²) >= 11 is 0. The fourth-order valence-electron chi connectivity index (χ4n) is 2.18. The number of ether oxygens (including phenoxy) is 1. The van der Waals surface area contributed by atoms with E-state index in [9.17, 15) is 0 Å². The predicted molar refractivity (Wildman–Crippen MR) is 71.5 cm³/mol. The van der Waals surface area contributed by atoms with Crippen LogP contribution in [0.3, 0.4) is 0 Å².